The molecular formula is C30H29ClN2O10. The van der Waals surface area contributed by atoms with Gasteiger partial charge in [0, 0.05) is 24.4 Å². The third-order valence-corrected chi connectivity index (χ3v) is 7.28. The maximum atomic E-state index is 12.9. The molecule has 0 unspecified atom stereocenters. The Balaban J connectivity index is 1.45. The molecule has 2 aromatic carbocycles. The number of anilines is 1. The van der Waals surface area contributed by atoms with Crippen molar-refractivity contribution in [3.8, 4) is 11.5 Å². The number of methoxy groups -OCH3 is 1. The maximum Gasteiger partial charge on any atom is 0.364 e. The molecule has 0 saturated carbocycles. The Labute approximate surface area is 250 Å². The zero-order valence-electron chi connectivity index (χ0n) is 23.5. The van der Waals surface area contributed by atoms with Crippen molar-refractivity contribution in [2.45, 2.75) is 51.0 Å². The molecule has 4 N–H and O–H groups in total. The number of halogens is 1. The van der Waals surface area contributed by atoms with E-state index >= 15 is 0 Å². The van der Waals surface area contributed by atoms with Crippen LogP contribution in [-0.2, 0) is 14.2 Å². The summed E-state index contributed by atoms with van der Waals surface area (Å²) in [6.07, 6.45) is -5.02. The summed E-state index contributed by atoms with van der Waals surface area (Å²) in [5, 5.41) is 24.4. The standard InChI is InChI=1S/C30H29ClN2O10/c1-14-10-11-19(32-14)27(37)42-24-22(35)29(43-30(2,3)25(24)39-4)40-16-12-17-21(34)20(28(38)41-23(17)18(31)13-16)33-26(36)15-8-6-5-7-9-15/h5-13,22,24-25,29,32,34-35H,1-4H3,(H,33,36)/t22-,24-,25+,29-/m1/s1. The number of hydrogen-bond donors (Lipinski definition) is 4. The fourth-order valence-corrected chi connectivity index (χ4v) is 5.18. The second-order valence-corrected chi connectivity index (χ2v) is 10.9. The maximum absolute atomic E-state index is 12.9. The first-order chi connectivity index (χ1) is 20.4. The van der Waals surface area contributed by atoms with Gasteiger partial charge in [-0.3, -0.25) is 4.79 Å². The van der Waals surface area contributed by atoms with Crippen LogP contribution in [0.25, 0.3) is 11.0 Å². The Morgan fingerprint density at radius 1 is 1.12 bits per heavy atom. The van der Waals surface area contributed by atoms with Crippen molar-refractivity contribution in [3.05, 3.63) is 87.0 Å². The molecule has 13 heteroatoms. The van der Waals surface area contributed by atoms with Crippen LogP contribution in [0.3, 0.4) is 0 Å². The minimum atomic E-state index is -1.53. The van der Waals surface area contributed by atoms with Gasteiger partial charge in [-0.2, -0.15) is 0 Å². The molecule has 1 fully saturated rings. The van der Waals surface area contributed by atoms with E-state index in [1.54, 1.807) is 51.1 Å². The highest BCUT2D eigenvalue weighted by atomic mass is 35.5. The van der Waals surface area contributed by atoms with E-state index in [1.165, 1.54) is 31.4 Å². The lowest BCUT2D eigenvalue weighted by Crippen LogP contribution is -2.65. The number of H-pyrrole nitrogens is 1. The Morgan fingerprint density at radius 3 is 2.49 bits per heavy atom. The van der Waals surface area contributed by atoms with Gasteiger partial charge in [0.15, 0.2) is 29.2 Å². The number of aromatic amines is 1. The lowest BCUT2D eigenvalue weighted by molar-refractivity contribution is -0.305. The molecule has 1 aliphatic heterocycles. The van der Waals surface area contributed by atoms with Gasteiger partial charge >= 0.3 is 11.6 Å². The largest absolute Gasteiger partial charge is 0.505 e. The number of carbonyl (C=O) groups is 2. The van der Waals surface area contributed by atoms with Crippen molar-refractivity contribution >= 4 is 40.1 Å². The second-order valence-electron chi connectivity index (χ2n) is 10.5. The smallest absolute Gasteiger partial charge is 0.364 e. The molecular weight excluding hydrogens is 584 g/mol. The fourth-order valence-electron chi connectivity index (χ4n) is 4.93. The number of amides is 1. The van der Waals surface area contributed by atoms with Gasteiger partial charge < -0.3 is 43.9 Å². The van der Waals surface area contributed by atoms with E-state index < -0.39 is 59.1 Å². The van der Waals surface area contributed by atoms with E-state index in [4.69, 9.17) is 35.0 Å². The number of benzene rings is 2. The number of aromatic nitrogens is 1. The number of carbonyl (C=O) groups excluding carboxylic acids is 2. The third-order valence-electron chi connectivity index (χ3n) is 7.00. The van der Waals surface area contributed by atoms with Crippen LogP contribution in [-0.4, -0.2) is 64.4 Å². The number of aryl methyl sites for hydroxylation is 1. The van der Waals surface area contributed by atoms with Crippen LogP contribution < -0.4 is 15.7 Å². The molecule has 1 amide bonds. The van der Waals surface area contributed by atoms with Crippen LogP contribution in [0.5, 0.6) is 11.5 Å². The lowest BCUT2D eigenvalue weighted by Gasteiger charge is -2.47. The van der Waals surface area contributed by atoms with Crippen molar-refractivity contribution in [3.63, 3.8) is 0 Å². The normalized spacial score (nSPS) is 21.3. The molecule has 0 radical (unpaired) electrons. The van der Waals surface area contributed by atoms with Gasteiger partial charge in [0.2, 0.25) is 6.29 Å². The summed E-state index contributed by atoms with van der Waals surface area (Å²) in [7, 11) is 1.40. The second kappa shape index (κ2) is 11.7. The van der Waals surface area contributed by atoms with Crippen LogP contribution in [0.15, 0.2) is 63.8 Å². The molecule has 0 bridgehead atoms. The lowest BCUT2D eigenvalue weighted by atomic mass is 9.89. The SMILES string of the molecule is CO[C@H]1[C@H](OC(=O)c2ccc(C)[nH]2)[C@@H](O)[C@H](Oc2cc(Cl)c3oc(=O)c(NC(=O)c4ccccc4)c(O)c3c2)OC1(C)C. The fraction of sp³-hybridized carbons (Fsp3) is 0.300. The van der Waals surface area contributed by atoms with Crippen molar-refractivity contribution in [2.75, 3.05) is 12.4 Å². The zero-order chi connectivity index (χ0) is 31.1. The predicted octanol–water partition coefficient (Wildman–Crippen LogP) is 4.16. The van der Waals surface area contributed by atoms with Gasteiger partial charge in [-0.1, -0.05) is 29.8 Å². The number of nitrogens with one attached hydrogen (secondary N) is 2. The zero-order valence-corrected chi connectivity index (χ0v) is 24.3. The van der Waals surface area contributed by atoms with Crippen molar-refractivity contribution in [2.24, 2.45) is 0 Å². The molecule has 3 heterocycles. The number of hydrogen-bond acceptors (Lipinski definition) is 10. The quantitative estimate of drug-likeness (QED) is 0.176. The molecule has 1 aliphatic rings. The molecule has 12 nitrogen and oxygen atoms in total. The van der Waals surface area contributed by atoms with Crippen molar-refractivity contribution in [1.82, 2.24) is 4.98 Å². The van der Waals surface area contributed by atoms with E-state index in [2.05, 4.69) is 10.3 Å². The number of fused-ring (bicyclic) bond motifs is 1. The number of esters is 1. The third kappa shape index (κ3) is 5.95. The van der Waals surface area contributed by atoms with Crippen LogP contribution >= 0.6 is 11.6 Å². The predicted molar refractivity (Wildman–Crippen MR) is 155 cm³/mol. The summed E-state index contributed by atoms with van der Waals surface area (Å²) in [5.74, 6) is -1.97. The highest BCUT2D eigenvalue weighted by molar-refractivity contribution is 6.35. The summed E-state index contributed by atoms with van der Waals surface area (Å²) < 4.78 is 28.5. The average molecular weight is 613 g/mol. The number of aliphatic hydroxyl groups is 1. The Kier molecular flexibility index (Phi) is 8.21. The monoisotopic (exact) mass is 612 g/mol. The first-order valence-electron chi connectivity index (χ1n) is 13.2. The van der Waals surface area contributed by atoms with Gasteiger partial charge in [0.05, 0.1) is 16.0 Å². The van der Waals surface area contributed by atoms with Crippen LogP contribution in [0.4, 0.5) is 5.69 Å². The summed E-state index contributed by atoms with van der Waals surface area (Å²) in [5.41, 5.74) is -1.61. The molecule has 226 valence electrons. The number of rotatable bonds is 7. The first-order valence-corrected chi connectivity index (χ1v) is 13.5. The molecule has 0 aliphatic carbocycles. The summed E-state index contributed by atoms with van der Waals surface area (Å²) in [4.78, 5) is 41.0. The molecule has 1 saturated heterocycles. The van der Waals surface area contributed by atoms with E-state index in [9.17, 15) is 24.6 Å². The highest BCUT2D eigenvalue weighted by Crippen LogP contribution is 2.39. The number of aliphatic hydroxyl groups excluding tert-OH is 1. The van der Waals surface area contributed by atoms with Gasteiger partial charge in [0.1, 0.15) is 17.5 Å². The first kappa shape index (κ1) is 30.1. The van der Waals surface area contributed by atoms with Crippen LogP contribution in [0, 0.1) is 6.92 Å². The molecule has 4 aromatic rings. The van der Waals surface area contributed by atoms with Crippen molar-refractivity contribution in [1.29, 1.82) is 0 Å². The molecule has 2 aromatic heterocycles. The molecule has 0 spiro atoms. The molecule has 5 rings (SSSR count). The van der Waals surface area contributed by atoms with E-state index in [0.29, 0.717) is 0 Å². The van der Waals surface area contributed by atoms with Crippen molar-refractivity contribution < 1.29 is 43.2 Å². The highest BCUT2D eigenvalue weighted by Gasteiger charge is 2.53. The molecule has 43 heavy (non-hydrogen) atoms. The summed E-state index contributed by atoms with van der Waals surface area (Å²) in [6.45, 7) is 5.14. The van der Waals surface area contributed by atoms with Gasteiger partial charge in [-0.05, 0) is 51.1 Å². The molecule has 4 atom stereocenters. The minimum absolute atomic E-state index is 0.00257. The van der Waals surface area contributed by atoms with Gasteiger partial charge in [0.25, 0.3) is 5.91 Å². The van der Waals surface area contributed by atoms with Gasteiger partial charge in [-0.25, -0.2) is 9.59 Å². The van der Waals surface area contributed by atoms with Crippen LogP contribution in [0.1, 0.15) is 40.4 Å². The summed E-state index contributed by atoms with van der Waals surface area (Å²) >= 11 is 6.38. The van der Waals surface area contributed by atoms with E-state index in [-0.39, 0.29) is 33.0 Å². The minimum Gasteiger partial charge on any atom is -0.505 e. The average Bonchev–Trinajstić information content (AvgIpc) is 3.41. The van der Waals surface area contributed by atoms with Gasteiger partial charge in [-0.15, -0.1) is 0 Å². The van der Waals surface area contributed by atoms with E-state index in [1.807, 2.05) is 0 Å². The number of ether oxygens (including phenoxy) is 4. The Morgan fingerprint density at radius 2 is 1.84 bits per heavy atom. The van der Waals surface area contributed by atoms with E-state index in [0.717, 1.165) is 5.69 Å². The Bertz CT molecular complexity index is 1730. The number of aromatic hydroxyl groups is 1. The van der Waals surface area contributed by atoms with Crippen LogP contribution in [0.2, 0.25) is 5.02 Å². The topological polar surface area (TPSA) is 170 Å². The summed E-state index contributed by atoms with van der Waals surface area (Å²) in [6, 6.07) is 13.9. The Hall–Kier alpha value is -4.36.